The van der Waals surface area contributed by atoms with Crippen LogP contribution in [0.2, 0.25) is 0 Å². The van der Waals surface area contributed by atoms with Crippen LogP contribution in [0, 0.1) is 0 Å². The average molecular weight is 228 g/mol. The summed E-state index contributed by atoms with van der Waals surface area (Å²) in [6, 6.07) is 1.44. The summed E-state index contributed by atoms with van der Waals surface area (Å²) < 4.78 is 5.51. The number of nitrogens with one attached hydrogen (secondary N) is 1. The van der Waals surface area contributed by atoms with E-state index in [1.165, 1.54) is 25.8 Å². The predicted molar refractivity (Wildman–Crippen MR) is 68.8 cm³/mol. The van der Waals surface area contributed by atoms with Gasteiger partial charge in [-0.25, -0.2) is 0 Å². The number of unbranched alkanes of at least 4 members (excludes halogenated alkanes) is 1. The van der Waals surface area contributed by atoms with Gasteiger partial charge in [0.25, 0.3) is 0 Å². The Balaban J connectivity index is 1.92. The van der Waals surface area contributed by atoms with Crippen LogP contribution >= 0.6 is 0 Å². The molecule has 1 aliphatic rings. The molecule has 2 unspecified atom stereocenters. The van der Waals surface area contributed by atoms with E-state index in [0.717, 1.165) is 19.2 Å². The Morgan fingerprint density at radius 1 is 1.38 bits per heavy atom. The minimum absolute atomic E-state index is 0.372. The predicted octanol–water partition coefficient (Wildman–Crippen LogP) is 1.87. The Morgan fingerprint density at radius 2 is 2.12 bits per heavy atom. The molecule has 1 heterocycles. The largest absolute Gasteiger partial charge is 0.379 e. The van der Waals surface area contributed by atoms with E-state index < -0.39 is 0 Å². The number of likely N-dealkylation sites (N-methyl/N-ethyl adjacent to an activating group) is 1. The number of hydrogen-bond donors (Lipinski definition) is 1. The zero-order chi connectivity index (χ0) is 12.0. The molecule has 0 spiro atoms. The first-order chi connectivity index (χ1) is 7.59. The van der Waals surface area contributed by atoms with Crippen molar-refractivity contribution < 1.29 is 4.74 Å². The molecule has 1 saturated heterocycles. The van der Waals surface area contributed by atoms with E-state index in [0.29, 0.717) is 12.1 Å². The second-order valence-electron chi connectivity index (χ2n) is 5.30. The number of hydrogen-bond acceptors (Lipinski definition) is 3. The first-order valence-electron chi connectivity index (χ1n) is 6.65. The molecule has 16 heavy (non-hydrogen) atoms. The number of ether oxygens (including phenoxy) is 1. The van der Waals surface area contributed by atoms with E-state index in [9.17, 15) is 0 Å². The summed E-state index contributed by atoms with van der Waals surface area (Å²) in [7, 11) is 2.21. The molecule has 3 heteroatoms. The summed E-state index contributed by atoms with van der Waals surface area (Å²) >= 11 is 0. The van der Waals surface area contributed by atoms with Crippen LogP contribution in [-0.2, 0) is 4.74 Å². The summed E-state index contributed by atoms with van der Waals surface area (Å²) in [5.74, 6) is 0. The molecule has 0 amide bonds. The van der Waals surface area contributed by atoms with Crippen molar-refractivity contribution in [3.63, 3.8) is 0 Å². The Hall–Kier alpha value is -0.120. The van der Waals surface area contributed by atoms with Gasteiger partial charge in [-0.05, 0) is 53.6 Å². The Bertz CT molecular complexity index is 175. The highest BCUT2D eigenvalue weighted by molar-refractivity contribution is 4.84. The summed E-state index contributed by atoms with van der Waals surface area (Å²) in [6.45, 7) is 9.72. The summed E-state index contributed by atoms with van der Waals surface area (Å²) in [6.07, 6.45) is 4.06. The maximum atomic E-state index is 5.51. The Morgan fingerprint density at radius 3 is 2.69 bits per heavy atom. The fraction of sp³-hybridized carbons (Fsp3) is 1.00. The Kier molecular flexibility index (Phi) is 6.32. The van der Waals surface area contributed by atoms with Crippen LogP contribution in [0.15, 0.2) is 0 Å². The summed E-state index contributed by atoms with van der Waals surface area (Å²) in [5, 5.41) is 3.63. The van der Waals surface area contributed by atoms with Gasteiger partial charge in [0, 0.05) is 25.2 Å². The second-order valence-corrected chi connectivity index (χ2v) is 5.30. The molecule has 0 bridgehead atoms. The van der Waals surface area contributed by atoms with Gasteiger partial charge in [0.2, 0.25) is 0 Å². The molecule has 1 fully saturated rings. The van der Waals surface area contributed by atoms with Gasteiger partial charge in [-0.15, -0.1) is 0 Å². The maximum absolute atomic E-state index is 5.51. The fourth-order valence-corrected chi connectivity index (χ4v) is 2.19. The third-order valence-corrected chi connectivity index (χ3v) is 3.34. The molecule has 0 aromatic rings. The van der Waals surface area contributed by atoms with Crippen molar-refractivity contribution in [1.29, 1.82) is 0 Å². The molecule has 0 aromatic carbocycles. The van der Waals surface area contributed by atoms with E-state index in [4.69, 9.17) is 4.74 Å². The monoisotopic (exact) mass is 228 g/mol. The number of rotatable bonds is 7. The van der Waals surface area contributed by atoms with E-state index in [1.54, 1.807) is 0 Å². The van der Waals surface area contributed by atoms with Gasteiger partial charge in [-0.2, -0.15) is 0 Å². The molecule has 0 aromatic heterocycles. The van der Waals surface area contributed by atoms with Gasteiger partial charge in [-0.3, -0.25) is 0 Å². The highest BCUT2D eigenvalue weighted by Gasteiger charge is 2.24. The number of nitrogens with zero attached hydrogens (tertiary/aromatic N) is 1. The molecule has 1 N–H and O–H groups in total. The van der Waals surface area contributed by atoms with Crippen LogP contribution < -0.4 is 5.32 Å². The molecule has 96 valence electrons. The highest BCUT2D eigenvalue weighted by atomic mass is 16.5. The molecule has 0 aliphatic carbocycles. The van der Waals surface area contributed by atoms with Gasteiger partial charge in [-0.1, -0.05) is 0 Å². The van der Waals surface area contributed by atoms with Crippen LogP contribution in [0.4, 0.5) is 0 Å². The van der Waals surface area contributed by atoms with E-state index in [-0.39, 0.29) is 0 Å². The second kappa shape index (κ2) is 7.25. The summed E-state index contributed by atoms with van der Waals surface area (Å²) in [4.78, 5) is 2.43. The van der Waals surface area contributed by atoms with Crippen LogP contribution in [0.3, 0.4) is 0 Å². The first kappa shape index (κ1) is 13.9. The van der Waals surface area contributed by atoms with Crippen LogP contribution in [-0.4, -0.2) is 49.8 Å². The SMILES string of the molecule is CC(C)OCCCCNC1CC(C)N(C)C1. The lowest BCUT2D eigenvalue weighted by atomic mass is 10.2. The van der Waals surface area contributed by atoms with Crippen molar-refractivity contribution in [2.75, 3.05) is 26.7 Å². The zero-order valence-corrected chi connectivity index (χ0v) is 11.3. The molecular formula is C13H28N2O. The molecule has 2 atom stereocenters. The minimum atomic E-state index is 0.372. The van der Waals surface area contributed by atoms with Gasteiger partial charge in [0.05, 0.1) is 6.10 Å². The molecule has 0 saturated carbocycles. The third kappa shape index (κ3) is 5.28. The molecule has 3 nitrogen and oxygen atoms in total. The highest BCUT2D eigenvalue weighted by Crippen LogP contribution is 2.14. The first-order valence-corrected chi connectivity index (χ1v) is 6.65. The fourth-order valence-electron chi connectivity index (χ4n) is 2.19. The van der Waals surface area contributed by atoms with Gasteiger partial charge >= 0.3 is 0 Å². The quantitative estimate of drug-likeness (QED) is 0.673. The molecule has 1 rings (SSSR count). The van der Waals surface area contributed by atoms with Crippen molar-refractivity contribution in [1.82, 2.24) is 10.2 Å². The normalized spacial score (nSPS) is 26.8. The van der Waals surface area contributed by atoms with E-state index in [2.05, 4.69) is 38.0 Å². The molecular weight excluding hydrogens is 200 g/mol. The topological polar surface area (TPSA) is 24.5 Å². The third-order valence-electron chi connectivity index (χ3n) is 3.34. The van der Waals surface area contributed by atoms with Gasteiger partial charge in [0.15, 0.2) is 0 Å². The molecule has 0 radical (unpaired) electrons. The van der Waals surface area contributed by atoms with Crippen molar-refractivity contribution in [3.8, 4) is 0 Å². The van der Waals surface area contributed by atoms with Crippen LogP contribution in [0.1, 0.15) is 40.0 Å². The number of likely N-dealkylation sites (tertiary alicyclic amines) is 1. The van der Waals surface area contributed by atoms with Crippen LogP contribution in [0.5, 0.6) is 0 Å². The van der Waals surface area contributed by atoms with Crippen molar-refractivity contribution in [3.05, 3.63) is 0 Å². The minimum Gasteiger partial charge on any atom is -0.379 e. The maximum Gasteiger partial charge on any atom is 0.0518 e. The average Bonchev–Trinajstić information content (AvgIpc) is 2.52. The van der Waals surface area contributed by atoms with Crippen molar-refractivity contribution in [2.45, 2.75) is 58.2 Å². The Labute approximate surface area is 101 Å². The lowest BCUT2D eigenvalue weighted by Gasteiger charge is -2.13. The van der Waals surface area contributed by atoms with Crippen LogP contribution in [0.25, 0.3) is 0 Å². The lowest BCUT2D eigenvalue weighted by Crippen LogP contribution is -2.32. The smallest absolute Gasteiger partial charge is 0.0518 e. The standard InChI is InChI=1S/C13H28N2O/c1-11(2)16-8-6-5-7-14-13-9-12(3)15(4)10-13/h11-14H,5-10H2,1-4H3. The zero-order valence-electron chi connectivity index (χ0n) is 11.3. The van der Waals surface area contributed by atoms with Gasteiger partial charge < -0.3 is 15.0 Å². The summed E-state index contributed by atoms with van der Waals surface area (Å²) in [5.41, 5.74) is 0. The van der Waals surface area contributed by atoms with Crippen molar-refractivity contribution in [2.24, 2.45) is 0 Å². The van der Waals surface area contributed by atoms with Gasteiger partial charge in [0.1, 0.15) is 0 Å². The molecule has 1 aliphatic heterocycles. The lowest BCUT2D eigenvalue weighted by molar-refractivity contribution is 0.0759. The van der Waals surface area contributed by atoms with E-state index >= 15 is 0 Å². The van der Waals surface area contributed by atoms with Crippen molar-refractivity contribution >= 4 is 0 Å². The van der Waals surface area contributed by atoms with E-state index in [1.807, 2.05) is 0 Å².